The summed E-state index contributed by atoms with van der Waals surface area (Å²) in [6, 6.07) is 1.30. The van der Waals surface area contributed by atoms with Gasteiger partial charge in [-0.3, -0.25) is 9.80 Å². The summed E-state index contributed by atoms with van der Waals surface area (Å²) in [4.78, 5) is 5.21. The van der Waals surface area contributed by atoms with Gasteiger partial charge in [0.25, 0.3) is 0 Å². The monoisotopic (exact) mass is 662 g/mol. The van der Waals surface area contributed by atoms with Crippen LogP contribution in [0.1, 0.15) is 113 Å². The zero-order valence-corrected chi connectivity index (χ0v) is 31.0. The first-order valence-electron chi connectivity index (χ1n) is 19.0. The van der Waals surface area contributed by atoms with Crippen LogP contribution in [-0.2, 0) is 14.2 Å². The van der Waals surface area contributed by atoms with E-state index in [1.165, 1.54) is 58.0 Å². The summed E-state index contributed by atoms with van der Waals surface area (Å²) >= 11 is 0. The van der Waals surface area contributed by atoms with E-state index in [1.54, 1.807) is 13.8 Å². The number of aliphatic hydroxyl groups excluding tert-OH is 1. The number of fused-ring (bicyclic) bond motifs is 4. The average Bonchev–Trinajstić information content (AvgIpc) is 3.52. The summed E-state index contributed by atoms with van der Waals surface area (Å²) in [7, 11) is 0. The van der Waals surface area contributed by atoms with Crippen LogP contribution in [0.5, 0.6) is 0 Å². The molecular formula is C38H66N2O5S. The Morgan fingerprint density at radius 1 is 0.891 bits per heavy atom. The van der Waals surface area contributed by atoms with Gasteiger partial charge in [-0.2, -0.15) is 13.5 Å². The Kier molecular flexibility index (Phi) is 8.66. The number of nitrogens with zero attached hydrogens (tertiary/aromatic N) is 2. The molecule has 0 radical (unpaired) electrons. The summed E-state index contributed by atoms with van der Waals surface area (Å²) in [5.41, 5.74) is 0.415. The quantitative estimate of drug-likeness (QED) is 0.385. The van der Waals surface area contributed by atoms with Gasteiger partial charge in [-0.05, 0) is 137 Å². The van der Waals surface area contributed by atoms with E-state index in [0.29, 0.717) is 34.2 Å². The van der Waals surface area contributed by atoms with Crippen LogP contribution in [0, 0.1) is 45.3 Å². The maximum absolute atomic E-state index is 10.9. The molecule has 264 valence electrons. The first kappa shape index (κ1) is 34.5. The van der Waals surface area contributed by atoms with E-state index in [4.69, 9.17) is 14.2 Å². The highest BCUT2D eigenvalue weighted by Crippen LogP contribution is 2.87. The largest absolute Gasteiger partial charge is 0.388 e. The van der Waals surface area contributed by atoms with Crippen molar-refractivity contribution in [1.82, 2.24) is 9.80 Å². The minimum Gasteiger partial charge on any atom is -0.388 e. The molecule has 7 nitrogen and oxygen atoms in total. The lowest BCUT2D eigenvalue weighted by Crippen LogP contribution is -2.64. The van der Waals surface area contributed by atoms with Crippen LogP contribution in [0.15, 0.2) is 0 Å². The molecule has 3 heterocycles. The van der Waals surface area contributed by atoms with Gasteiger partial charge < -0.3 is 24.4 Å². The van der Waals surface area contributed by atoms with Crippen molar-refractivity contribution in [2.45, 2.75) is 161 Å². The minimum atomic E-state index is -1.13. The molecule has 3 saturated heterocycles. The van der Waals surface area contributed by atoms with Crippen LogP contribution in [0.2, 0.25) is 0 Å². The number of rotatable bonds is 6. The van der Waals surface area contributed by atoms with Crippen LogP contribution in [0.25, 0.3) is 0 Å². The molecule has 2 N–H and O–H groups in total. The summed E-state index contributed by atoms with van der Waals surface area (Å²) in [5, 5.41) is 21.4. The standard InChI is InChI=1S/C38H64N2O5.H2S/c1-23(2)40-19-24(20-40)39-16-17-43-32(21-39)45-31-12-13-38-22-37(38)15-14-36(7)26-8-10-28(33(41)35(5,6)42)44-29(26)18-27(36)25(37)9-11-30(38)34(31,3)4;/h23-33,41-42H,8-22H2,1-7H3;1H2/t25?,26?,27?,28?,29?,30?,31-,32?,33-,36+,37-,38?;/m0./s1. The summed E-state index contributed by atoms with van der Waals surface area (Å²) in [6.07, 6.45) is 11.9. The van der Waals surface area contributed by atoms with E-state index in [2.05, 4.69) is 44.4 Å². The number of likely N-dealkylation sites (tertiary alicyclic amines) is 1. The third kappa shape index (κ3) is 4.98. The lowest BCUT2D eigenvalue weighted by molar-refractivity contribution is -0.250. The number of ether oxygens (including phenoxy) is 3. The van der Waals surface area contributed by atoms with Crippen molar-refractivity contribution in [3.8, 4) is 0 Å². The van der Waals surface area contributed by atoms with Crippen molar-refractivity contribution in [3.63, 3.8) is 0 Å². The van der Waals surface area contributed by atoms with E-state index in [0.717, 1.165) is 56.7 Å². The maximum Gasteiger partial charge on any atom is 0.170 e. The SMILES string of the molecule is CC(C)N1CC(N2CCOC(O[C@H]3CCC45C[C@]46CC[C@]4(C)C7CCC([C@H](O)C(C)(C)O)OC7CC4C6CCC5C3(C)C)C2)C1.S. The maximum atomic E-state index is 10.9. The lowest BCUT2D eigenvalue weighted by Gasteiger charge is -2.60. The molecule has 3 aliphatic heterocycles. The van der Waals surface area contributed by atoms with E-state index in [1.807, 2.05) is 0 Å². The van der Waals surface area contributed by atoms with E-state index >= 15 is 0 Å². The van der Waals surface area contributed by atoms with Crippen molar-refractivity contribution in [2.75, 3.05) is 32.8 Å². The van der Waals surface area contributed by atoms with Gasteiger partial charge in [0.1, 0.15) is 6.10 Å². The van der Waals surface area contributed by atoms with Gasteiger partial charge in [0.2, 0.25) is 0 Å². The zero-order valence-electron chi connectivity index (χ0n) is 30.0. The normalized spacial score (nSPS) is 49.4. The second-order valence-corrected chi connectivity index (χ2v) is 19.1. The van der Waals surface area contributed by atoms with Crippen molar-refractivity contribution >= 4 is 13.5 Å². The second-order valence-electron chi connectivity index (χ2n) is 19.1. The Hall–Kier alpha value is 0.0700. The van der Waals surface area contributed by atoms with Crippen LogP contribution >= 0.6 is 13.5 Å². The highest BCUT2D eigenvalue weighted by molar-refractivity contribution is 7.59. The third-order valence-electron chi connectivity index (χ3n) is 16.2. The van der Waals surface area contributed by atoms with Crippen LogP contribution in [0.4, 0.5) is 0 Å². The van der Waals surface area contributed by atoms with Crippen molar-refractivity contribution in [2.24, 2.45) is 45.3 Å². The predicted molar refractivity (Wildman–Crippen MR) is 185 cm³/mol. The molecule has 8 heteroatoms. The van der Waals surface area contributed by atoms with Crippen LogP contribution in [-0.4, -0.2) is 101 Å². The van der Waals surface area contributed by atoms with Crippen LogP contribution < -0.4 is 0 Å². The molecule has 8 aliphatic rings. The molecular weight excluding hydrogens is 596 g/mol. The first-order valence-corrected chi connectivity index (χ1v) is 19.0. The average molecular weight is 663 g/mol. The van der Waals surface area contributed by atoms with E-state index in [-0.39, 0.29) is 43.5 Å². The fraction of sp³-hybridized carbons (Fsp3) is 1.00. The molecule has 0 aromatic rings. The van der Waals surface area contributed by atoms with Gasteiger partial charge in [0, 0.05) is 38.3 Å². The Morgan fingerprint density at radius 2 is 1.63 bits per heavy atom. The van der Waals surface area contributed by atoms with Gasteiger partial charge in [0.05, 0.1) is 30.5 Å². The van der Waals surface area contributed by atoms with Gasteiger partial charge >= 0.3 is 0 Å². The summed E-state index contributed by atoms with van der Waals surface area (Å²) < 4.78 is 20.0. The number of hydrogen-bond acceptors (Lipinski definition) is 7. The molecule has 0 aromatic heterocycles. The topological polar surface area (TPSA) is 74.6 Å². The van der Waals surface area contributed by atoms with Crippen LogP contribution in [0.3, 0.4) is 0 Å². The summed E-state index contributed by atoms with van der Waals surface area (Å²) in [5.74, 6) is 2.88. The molecule has 0 amide bonds. The van der Waals surface area contributed by atoms with Crippen molar-refractivity contribution < 1.29 is 24.4 Å². The lowest BCUT2D eigenvalue weighted by atomic mass is 9.46. The molecule has 0 bridgehead atoms. The van der Waals surface area contributed by atoms with Gasteiger partial charge in [-0.25, -0.2) is 0 Å². The zero-order chi connectivity index (χ0) is 31.7. The fourth-order valence-electron chi connectivity index (χ4n) is 13.6. The number of hydrogen-bond donors (Lipinski definition) is 2. The van der Waals surface area contributed by atoms with Crippen molar-refractivity contribution in [3.05, 3.63) is 0 Å². The van der Waals surface area contributed by atoms with E-state index in [9.17, 15) is 10.2 Å². The smallest absolute Gasteiger partial charge is 0.170 e. The van der Waals surface area contributed by atoms with Gasteiger partial charge in [-0.1, -0.05) is 20.8 Å². The highest BCUT2D eigenvalue weighted by atomic mass is 32.1. The fourth-order valence-corrected chi connectivity index (χ4v) is 13.6. The van der Waals surface area contributed by atoms with Gasteiger partial charge in [-0.15, -0.1) is 0 Å². The van der Waals surface area contributed by atoms with E-state index < -0.39 is 11.7 Å². The number of aliphatic hydroxyl groups is 2. The van der Waals surface area contributed by atoms with Gasteiger partial charge in [0.15, 0.2) is 6.29 Å². The Balaban J connectivity index is 0.00000338. The third-order valence-corrected chi connectivity index (χ3v) is 16.2. The number of morpholine rings is 1. The predicted octanol–water partition coefficient (Wildman–Crippen LogP) is 5.57. The molecule has 2 spiro atoms. The molecule has 5 saturated carbocycles. The second kappa shape index (κ2) is 11.5. The molecule has 46 heavy (non-hydrogen) atoms. The molecule has 8 fully saturated rings. The minimum absolute atomic E-state index is 0. The Bertz CT molecular complexity index is 1140. The molecule has 12 atom stereocenters. The molecule has 5 aliphatic carbocycles. The molecule has 0 aromatic carbocycles. The Morgan fingerprint density at radius 3 is 2.35 bits per heavy atom. The first-order chi connectivity index (χ1) is 21.2. The summed E-state index contributed by atoms with van der Waals surface area (Å²) in [6.45, 7) is 20.8. The molecule has 8 rings (SSSR count). The van der Waals surface area contributed by atoms with Crippen molar-refractivity contribution in [1.29, 1.82) is 0 Å². The Labute approximate surface area is 286 Å². The molecule has 8 unspecified atom stereocenters. The highest BCUT2D eigenvalue weighted by Gasteiger charge is 2.80.